The zero-order valence-corrected chi connectivity index (χ0v) is 20.0. The molecule has 1 aromatic heterocycles. The molecule has 0 unspecified atom stereocenters. The van der Waals surface area contributed by atoms with Gasteiger partial charge in [0, 0.05) is 17.0 Å². The number of nitrogens with two attached hydrogens (primary N) is 1. The molecule has 2 N–H and O–H groups in total. The summed E-state index contributed by atoms with van der Waals surface area (Å²) >= 11 is 0. The number of nitrogens with zero attached hydrogens (tertiary/aromatic N) is 3. The maximum absolute atomic E-state index is 11.7. The van der Waals surface area contributed by atoms with Gasteiger partial charge in [0.25, 0.3) is 0 Å². The summed E-state index contributed by atoms with van der Waals surface area (Å²) in [7, 11) is -4.72. The molecule has 0 bridgehead atoms. The van der Waals surface area contributed by atoms with E-state index in [1.807, 2.05) is 18.2 Å². The fraction of sp³-hybridized carbons (Fsp3) is 0.0455. The Labute approximate surface area is 207 Å². The Hall–Kier alpha value is -2.82. The van der Waals surface area contributed by atoms with Gasteiger partial charge in [-0.25, -0.2) is 8.42 Å². The van der Waals surface area contributed by atoms with E-state index in [0.717, 1.165) is 11.8 Å². The number of nitrogen functional groups attached to an aromatic ring is 1. The summed E-state index contributed by atoms with van der Waals surface area (Å²) in [6, 6.07) is 20.1. The van der Waals surface area contributed by atoms with Crippen molar-refractivity contribution in [2.45, 2.75) is 11.5 Å². The summed E-state index contributed by atoms with van der Waals surface area (Å²) in [6.07, 6.45) is 1.70. The standard InChI is InChI=1S/C22H18N4O4S.Na/c23-22-19-7-2-1-6-18(19)21(31(27,28)29)13-20(22)26-25-15-8-10-17(11-9-15)30-14-16-5-3-4-12-24-16;/h1-13H,14,23H2,(H,27,28,29);/q;+1/p-1. The zero-order chi connectivity index (χ0) is 21.8. The van der Waals surface area contributed by atoms with Crippen LogP contribution in [0.15, 0.2) is 94.1 Å². The van der Waals surface area contributed by atoms with Gasteiger partial charge in [-0.3, -0.25) is 4.98 Å². The first kappa shape index (κ1) is 23.8. The Morgan fingerprint density at radius 1 is 0.938 bits per heavy atom. The third-order valence-corrected chi connectivity index (χ3v) is 5.40. The Kier molecular flexibility index (Phi) is 7.60. The van der Waals surface area contributed by atoms with E-state index in [9.17, 15) is 13.0 Å². The summed E-state index contributed by atoms with van der Waals surface area (Å²) in [6.45, 7) is 0.335. The number of fused-ring (bicyclic) bond motifs is 1. The predicted molar refractivity (Wildman–Crippen MR) is 116 cm³/mol. The molecule has 1 heterocycles. The number of aromatic nitrogens is 1. The summed E-state index contributed by atoms with van der Waals surface area (Å²) in [4.78, 5) is 3.81. The molecule has 0 aliphatic heterocycles. The van der Waals surface area contributed by atoms with Gasteiger partial charge in [-0.05, 0) is 42.5 Å². The van der Waals surface area contributed by atoms with Gasteiger partial charge in [-0.15, -0.1) is 5.11 Å². The monoisotopic (exact) mass is 456 g/mol. The molecule has 32 heavy (non-hydrogen) atoms. The molecule has 0 aliphatic carbocycles. The van der Waals surface area contributed by atoms with E-state index >= 15 is 0 Å². The van der Waals surface area contributed by atoms with Gasteiger partial charge in [-0.2, -0.15) is 5.11 Å². The molecule has 0 saturated heterocycles. The van der Waals surface area contributed by atoms with E-state index < -0.39 is 10.1 Å². The molecule has 10 heteroatoms. The van der Waals surface area contributed by atoms with Crippen molar-refractivity contribution in [1.29, 1.82) is 0 Å². The molecular formula is C22H17N4NaO4S. The third-order valence-electron chi connectivity index (χ3n) is 4.52. The Balaban J connectivity index is 0.00000289. The average molecular weight is 456 g/mol. The smallest absolute Gasteiger partial charge is 0.744 e. The Bertz CT molecular complexity index is 1360. The Morgan fingerprint density at radius 3 is 2.28 bits per heavy atom. The van der Waals surface area contributed by atoms with Crippen LogP contribution in [0.1, 0.15) is 5.69 Å². The van der Waals surface area contributed by atoms with Gasteiger partial charge in [0.1, 0.15) is 28.2 Å². The maximum atomic E-state index is 11.7. The first-order valence-electron chi connectivity index (χ1n) is 9.23. The van der Waals surface area contributed by atoms with E-state index in [1.54, 1.807) is 48.7 Å². The summed E-state index contributed by atoms with van der Waals surface area (Å²) in [5, 5.41) is 8.85. The number of rotatable bonds is 6. The number of hydrogen-bond donors (Lipinski definition) is 1. The van der Waals surface area contributed by atoms with Crippen LogP contribution in [0.25, 0.3) is 10.8 Å². The molecule has 156 valence electrons. The number of ether oxygens (including phenoxy) is 1. The van der Waals surface area contributed by atoms with E-state index in [0.29, 0.717) is 23.4 Å². The molecule has 0 fully saturated rings. The summed E-state index contributed by atoms with van der Waals surface area (Å²) in [5.41, 5.74) is 7.79. The van der Waals surface area contributed by atoms with E-state index in [4.69, 9.17) is 10.5 Å². The second-order valence-electron chi connectivity index (χ2n) is 6.61. The van der Waals surface area contributed by atoms with Crippen molar-refractivity contribution >= 4 is 38.0 Å². The van der Waals surface area contributed by atoms with E-state index in [1.165, 1.54) is 6.07 Å². The minimum Gasteiger partial charge on any atom is -0.744 e. The van der Waals surface area contributed by atoms with Gasteiger partial charge in [-0.1, -0.05) is 30.3 Å². The molecule has 3 aromatic carbocycles. The van der Waals surface area contributed by atoms with Crippen LogP contribution in [0.5, 0.6) is 5.75 Å². The largest absolute Gasteiger partial charge is 1.00 e. The minimum atomic E-state index is -4.72. The number of benzene rings is 3. The van der Waals surface area contributed by atoms with Crippen molar-refractivity contribution in [3.05, 3.63) is 84.7 Å². The second kappa shape index (κ2) is 10.2. The molecule has 0 aliphatic rings. The maximum Gasteiger partial charge on any atom is 1.00 e. The van der Waals surface area contributed by atoms with Gasteiger partial charge >= 0.3 is 29.6 Å². The average Bonchev–Trinajstić information content (AvgIpc) is 2.78. The topological polar surface area (TPSA) is 130 Å². The number of anilines is 1. The van der Waals surface area contributed by atoms with Crippen LogP contribution in [0.3, 0.4) is 0 Å². The van der Waals surface area contributed by atoms with Crippen LogP contribution in [0, 0.1) is 0 Å². The first-order valence-corrected chi connectivity index (χ1v) is 10.6. The van der Waals surface area contributed by atoms with E-state index in [2.05, 4.69) is 15.2 Å². The van der Waals surface area contributed by atoms with Crippen molar-refractivity contribution in [2.75, 3.05) is 5.73 Å². The van der Waals surface area contributed by atoms with Gasteiger partial charge in [0.05, 0.1) is 22.0 Å². The SMILES string of the molecule is Nc1c(N=Nc2ccc(OCc3ccccn3)cc2)cc(S(=O)(=O)[O-])c2ccccc12.[Na+]. The van der Waals surface area contributed by atoms with Gasteiger partial charge in [0.2, 0.25) is 0 Å². The molecule has 8 nitrogen and oxygen atoms in total. The minimum absolute atomic E-state index is 0. The van der Waals surface area contributed by atoms with E-state index in [-0.39, 0.29) is 51.2 Å². The Morgan fingerprint density at radius 2 is 1.62 bits per heavy atom. The van der Waals surface area contributed by atoms with Crippen LogP contribution < -0.4 is 40.0 Å². The van der Waals surface area contributed by atoms with Crippen LogP contribution in [-0.2, 0) is 16.7 Å². The van der Waals surface area contributed by atoms with Gasteiger partial charge in [0.15, 0.2) is 0 Å². The number of hydrogen-bond acceptors (Lipinski definition) is 8. The van der Waals surface area contributed by atoms with Crippen LogP contribution in [-0.4, -0.2) is 18.0 Å². The van der Waals surface area contributed by atoms with Crippen LogP contribution in [0.2, 0.25) is 0 Å². The fourth-order valence-corrected chi connectivity index (χ4v) is 3.70. The number of pyridine rings is 1. The van der Waals surface area contributed by atoms with Crippen molar-refractivity contribution in [3.8, 4) is 5.75 Å². The summed E-state index contributed by atoms with van der Waals surface area (Å²) < 4.78 is 40.8. The zero-order valence-electron chi connectivity index (χ0n) is 17.2. The number of azo groups is 1. The summed E-state index contributed by atoms with van der Waals surface area (Å²) in [5.74, 6) is 0.634. The second-order valence-corrected chi connectivity index (χ2v) is 7.96. The van der Waals surface area contributed by atoms with Crippen LogP contribution >= 0.6 is 0 Å². The fourth-order valence-electron chi connectivity index (χ4n) is 3.00. The third kappa shape index (κ3) is 5.50. The molecule has 4 rings (SSSR count). The first-order chi connectivity index (χ1) is 14.9. The van der Waals surface area contributed by atoms with Crippen molar-refractivity contribution in [3.63, 3.8) is 0 Å². The van der Waals surface area contributed by atoms with Crippen molar-refractivity contribution < 1.29 is 47.3 Å². The van der Waals surface area contributed by atoms with Crippen molar-refractivity contribution in [2.24, 2.45) is 10.2 Å². The molecular weight excluding hydrogens is 439 g/mol. The molecule has 0 radical (unpaired) electrons. The van der Waals surface area contributed by atoms with Gasteiger partial charge < -0.3 is 15.0 Å². The van der Waals surface area contributed by atoms with Crippen LogP contribution in [0.4, 0.5) is 17.1 Å². The van der Waals surface area contributed by atoms with Crippen molar-refractivity contribution in [1.82, 2.24) is 4.98 Å². The molecule has 4 aromatic rings. The molecule has 0 spiro atoms. The molecule has 0 atom stereocenters. The normalized spacial score (nSPS) is 11.4. The predicted octanol–water partition coefficient (Wildman–Crippen LogP) is 1.72. The quantitative estimate of drug-likeness (QED) is 0.203. The molecule has 0 amide bonds. The molecule has 0 saturated carbocycles.